The van der Waals surface area contributed by atoms with E-state index in [0.29, 0.717) is 5.92 Å². The summed E-state index contributed by atoms with van der Waals surface area (Å²) in [7, 11) is -3.82. The van der Waals surface area contributed by atoms with Gasteiger partial charge in [-0.15, -0.1) is 0 Å². The van der Waals surface area contributed by atoms with Gasteiger partial charge >= 0.3 is 7.68 Å². The average molecular weight is 210 g/mol. The van der Waals surface area contributed by atoms with Gasteiger partial charge < -0.3 is 4.52 Å². The molecule has 0 amide bonds. The molecule has 0 aromatic carbocycles. The number of rotatable bonds is 6. The van der Waals surface area contributed by atoms with Gasteiger partial charge in [-0.3, -0.25) is 4.57 Å². The molecule has 0 saturated heterocycles. The fourth-order valence-electron chi connectivity index (χ4n) is 0.830. The summed E-state index contributed by atoms with van der Waals surface area (Å²) in [6.45, 7) is 7.60. The maximum Gasteiger partial charge on any atom is 0.369 e. The SMILES string of the molecule is CC(C)CCCOP(=O)(F)C(C)C. The van der Waals surface area contributed by atoms with Crippen molar-refractivity contribution < 1.29 is 13.3 Å². The first kappa shape index (κ1) is 13.1. The van der Waals surface area contributed by atoms with Crippen LogP contribution in [-0.2, 0) is 9.09 Å². The predicted octanol–water partition coefficient (Wildman–Crippen LogP) is 4.01. The first-order chi connectivity index (χ1) is 5.86. The molecule has 0 aliphatic heterocycles. The summed E-state index contributed by atoms with van der Waals surface area (Å²) in [6, 6.07) is 0. The van der Waals surface area contributed by atoms with Gasteiger partial charge in [0.05, 0.1) is 12.3 Å². The van der Waals surface area contributed by atoms with E-state index in [1.807, 2.05) is 0 Å². The van der Waals surface area contributed by atoms with Gasteiger partial charge in [-0.2, -0.15) is 4.20 Å². The van der Waals surface area contributed by atoms with Crippen LogP contribution in [0.15, 0.2) is 0 Å². The lowest BCUT2D eigenvalue weighted by molar-refractivity contribution is 0.268. The molecule has 4 heteroatoms. The quantitative estimate of drug-likeness (QED) is 0.489. The van der Waals surface area contributed by atoms with E-state index in [0.717, 1.165) is 12.8 Å². The van der Waals surface area contributed by atoms with Crippen molar-refractivity contribution in [2.75, 3.05) is 6.61 Å². The molecular weight excluding hydrogens is 190 g/mol. The normalized spacial score (nSPS) is 16.5. The Kier molecular flexibility index (Phi) is 5.82. The molecule has 0 spiro atoms. The summed E-state index contributed by atoms with van der Waals surface area (Å²) >= 11 is 0. The third-order valence-corrected chi connectivity index (χ3v) is 3.58. The van der Waals surface area contributed by atoms with Crippen LogP contribution >= 0.6 is 7.68 Å². The lowest BCUT2D eigenvalue weighted by atomic mass is 10.1. The van der Waals surface area contributed by atoms with Gasteiger partial charge in [0, 0.05) is 0 Å². The van der Waals surface area contributed by atoms with Crippen LogP contribution in [0.4, 0.5) is 4.20 Å². The molecule has 0 bridgehead atoms. The number of hydrogen-bond acceptors (Lipinski definition) is 2. The zero-order valence-electron chi connectivity index (χ0n) is 8.92. The summed E-state index contributed by atoms with van der Waals surface area (Å²) < 4.78 is 28.9. The minimum Gasteiger partial charge on any atom is -0.305 e. The number of hydrogen-bond donors (Lipinski definition) is 0. The van der Waals surface area contributed by atoms with Crippen LogP contribution in [0.1, 0.15) is 40.5 Å². The highest BCUT2D eigenvalue weighted by molar-refractivity contribution is 7.54. The second-order valence-electron chi connectivity index (χ2n) is 3.98. The standard InChI is InChI=1S/C9H20FO2P/c1-8(2)6-5-7-12-13(10,11)9(3)4/h8-9H,5-7H2,1-4H3. The summed E-state index contributed by atoms with van der Waals surface area (Å²) in [6.07, 6.45) is 1.76. The molecule has 1 unspecified atom stereocenters. The van der Waals surface area contributed by atoms with Gasteiger partial charge in [0.25, 0.3) is 0 Å². The van der Waals surface area contributed by atoms with Crippen LogP contribution in [-0.4, -0.2) is 12.3 Å². The first-order valence-corrected chi connectivity index (χ1v) is 6.38. The molecule has 0 aliphatic rings. The third-order valence-electron chi connectivity index (χ3n) is 1.81. The van der Waals surface area contributed by atoms with Crippen LogP contribution in [0, 0.1) is 5.92 Å². The number of halogens is 1. The Bertz CT molecular complexity index is 180. The van der Waals surface area contributed by atoms with Crippen molar-refractivity contribution in [3.8, 4) is 0 Å². The van der Waals surface area contributed by atoms with Crippen molar-refractivity contribution in [3.63, 3.8) is 0 Å². The fraction of sp³-hybridized carbons (Fsp3) is 1.00. The average Bonchev–Trinajstić information content (AvgIpc) is 1.97. The van der Waals surface area contributed by atoms with Crippen molar-refractivity contribution in [2.24, 2.45) is 5.92 Å². The first-order valence-electron chi connectivity index (χ1n) is 4.80. The van der Waals surface area contributed by atoms with Gasteiger partial charge in [0.1, 0.15) is 0 Å². The second kappa shape index (κ2) is 5.77. The summed E-state index contributed by atoms with van der Waals surface area (Å²) in [5.41, 5.74) is -0.522. The van der Waals surface area contributed by atoms with Crippen LogP contribution in [0.3, 0.4) is 0 Å². The van der Waals surface area contributed by atoms with Gasteiger partial charge in [0.15, 0.2) is 0 Å². The molecule has 0 heterocycles. The van der Waals surface area contributed by atoms with E-state index >= 15 is 0 Å². The summed E-state index contributed by atoms with van der Waals surface area (Å²) in [5.74, 6) is 0.585. The largest absolute Gasteiger partial charge is 0.369 e. The molecule has 2 nitrogen and oxygen atoms in total. The lowest BCUT2D eigenvalue weighted by Gasteiger charge is -2.13. The molecular formula is C9H20FO2P. The molecule has 0 N–H and O–H groups in total. The van der Waals surface area contributed by atoms with Gasteiger partial charge in [-0.05, 0) is 18.8 Å². The molecule has 0 aromatic heterocycles. The van der Waals surface area contributed by atoms with E-state index in [1.165, 1.54) is 0 Å². The van der Waals surface area contributed by atoms with Crippen molar-refractivity contribution in [1.29, 1.82) is 0 Å². The molecule has 0 saturated carbocycles. The molecule has 0 rings (SSSR count). The highest BCUT2D eigenvalue weighted by Gasteiger charge is 2.26. The maximum absolute atomic E-state index is 13.1. The zero-order valence-corrected chi connectivity index (χ0v) is 9.81. The van der Waals surface area contributed by atoms with E-state index in [1.54, 1.807) is 13.8 Å². The highest BCUT2D eigenvalue weighted by Crippen LogP contribution is 2.53. The van der Waals surface area contributed by atoms with Crippen LogP contribution in [0.2, 0.25) is 0 Å². The smallest absolute Gasteiger partial charge is 0.305 e. The molecule has 13 heavy (non-hydrogen) atoms. The van der Waals surface area contributed by atoms with Crippen molar-refractivity contribution in [2.45, 2.75) is 46.2 Å². The van der Waals surface area contributed by atoms with Gasteiger partial charge in [0.2, 0.25) is 0 Å². The Morgan fingerprint density at radius 1 is 1.31 bits per heavy atom. The monoisotopic (exact) mass is 210 g/mol. The van der Waals surface area contributed by atoms with Crippen molar-refractivity contribution in [1.82, 2.24) is 0 Å². The predicted molar refractivity (Wildman–Crippen MR) is 53.9 cm³/mol. The molecule has 0 radical (unpaired) electrons. The van der Waals surface area contributed by atoms with E-state index in [9.17, 15) is 8.76 Å². The molecule has 0 fully saturated rings. The summed E-state index contributed by atoms with van der Waals surface area (Å²) in [5, 5.41) is 0. The van der Waals surface area contributed by atoms with Crippen molar-refractivity contribution >= 4 is 7.68 Å². The van der Waals surface area contributed by atoms with Crippen LogP contribution in [0.5, 0.6) is 0 Å². The van der Waals surface area contributed by atoms with Crippen molar-refractivity contribution in [3.05, 3.63) is 0 Å². The third kappa shape index (κ3) is 6.23. The second-order valence-corrected chi connectivity index (χ2v) is 6.32. The van der Waals surface area contributed by atoms with Gasteiger partial charge in [-0.25, -0.2) is 0 Å². The molecule has 80 valence electrons. The maximum atomic E-state index is 13.1. The van der Waals surface area contributed by atoms with E-state index < -0.39 is 13.3 Å². The highest BCUT2D eigenvalue weighted by atomic mass is 31.2. The Balaban J connectivity index is 3.59. The Hall–Kier alpha value is 0.120. The topological polar surface area (TPSA) is 26.3 Å². The van der Waals surface area contributed by atoms with E-state index in [4.69, 9.17) is 4.52 Å². The summed E-state index contributed by atoms with van der Waals surface area (Å²) in [4.78, 5) is 0. The molecule has 0 aliphatic carbocycles. The van der Waals surface area contributed by atoms with E-state index in [-0.39, 0.29) is 6.61 Å². The minimum atomic E-state index is -3.82. The molecule has 1 atom stereocenters. The zero-order chi connectivity index (χ0) is 10.5. The Morgan fingerprint density at radius 2 is 1.85 bits per heavy atom. The Labute approximate surface area is 80.4 Å². The van der Waals surface area contributed by atoms with Crippen LogP contribution in [0.25, 0.3) is 0 Å². The lowest BCUT2D eigenvalue weighted by Crippen LogP contribution is -2.00. The minimum absolute atomic E-state index is 0.268. The van der Waals surface area contributed by atoms with E-state index in [2.05, 4.69) is 13.8 Å². The van der Waals surface area contributed by atoms with Gasteiger partial charge in [-0.1, -0.05) is 27.7 Å². The molecule has 0 aromatic rings. The fourth-order valence-corrected chi connectivity index (χ4v) is 1.51. The van der Waals surface area contributed by atoms with Crippen LogP contribution < -0.4 is 0 Å². The Morgan fingerprint density at radius 3 is 2.23 bits per heavy atom.